The largest absolute Gasteiger partial charge is 0.466 e. The summed E-state index contributed by atoms with van der Waals surface area (Å²) in [6.45, 7) is 2.11. The van der Waals surface area contributed by atoms with Crippen molar-refractivity contribution in [3.8, 4) is 0 Å². The third-order valence-corrected chi connectivity index (χ3v) is 3.76. The van der Waals surface area contributed by atoms with Crippen LogP contribution in [0.4, 0.5) is 0 Å². The molecule has 0 amide bonds. The number of halogens is 1. The van der Waals surface area contributed by atoms with Crippen molar-refractivity contribution in [2.45, 2.75) is 37.7 Å². The summed E-state index contributed by atoms with van der Waals surface area (Å²) in [5.41, 5.74) is 0.765. The topological polar surface area (TPSA) is 46.5 Å². The van der Waals surface area contributed by atoms with E-state index in [0.717, 1.165) is 18.4 Å². The highest BCUT2D eigenvalue weighted by molar-refractivity contribution is 6.30. The van der Waals surface area contributed by atoms with Crippen LogP contribution in [0.2, 0.25) is 5.02 Å². The Morgan fingerprint density at radius 2 is 2.06 bits per heavy atom. The Balaban J connectivity index is 2.07. The molecule has 3 nitrogen and oxygen atoms in total. The van der Waals surface area contributed by atoms with Gasteiger partial charge >= 0.3 is 5.97 Å². The lowest BCUT2D eigenvalue weighted by molar-refractivity contribution is -0.145. The average molecular weight is 269 g/mol. The van der Waals surface area contributed by atoms with Crippen LogP contribution in [0.15, 0.2) is 24.3 Å². The molecule has 1 unspecified atom stereocenters. The monoisotopic (exact) mass is 268 g/mol. The molecule has 1 saturated carbocycles. The van der Waals surface area contributed by atoms with Crippen molar-refractivity contribution in [2.24, 2.45) is 0 Å². The first-order chi connectivity index (χ1) is 8.58. The molecule has 1 aliphatic rings. The van der Waals surface area contributed by atoms with Crippen LogP contribution in [-0.4, -0.2) is 23.8 Å². The molecule has 0 aromatic heterocycles. The Morgan fingerprint density at radius 1 is 1.44 bits per heavy atom. The fourth-order valence-corrected chi connectivity index (χ4v) is 2.43. The van der Waals surface area contributed by atoms with E-state index in [1.165, 1.54) is 0 Å². The molecule has 1 N–H and O–H groups in total. The highest BCUT2D eigenvalue weighted by Gasteiger charge is 2.50. The van der Waals surface area contributed by atoms with Gasteiger partial charge in [0.05, 0.1) is 19.1 Å². The number of carbonyl (C=O) groups excluding carboxylic acids is 1. The lowest BCUT2D eigenvalue weighted by atomic mass is 9.88. The molecule has 1 aromatic rings. The smallest absolute Gasteiger partial charge is 0.308 e. The first kappa shape index (κ1) is 13.4. The maximum Gasteiger partial charge on any atom is 0.308 e. The van der Waals surface area contributed by atoms with E-state index < -0.39 is 6.10 Å². The van der Waals surface area contributed by atoms with Crippen molar-refractivity contribution in [1.82, 2.24) is 0 Å². The van der Waals surface area contributed by atoms with Crippen LogP contribution < -0.4 is 0 Å². The summed E-state index contributed by atoms with van der Waals surface area (Å²) in [5.74, 6) is -0.342. The lowest BCUT2D eigenvalue weighted by Crippen LogP contribution is -2.29. The minimum atomic E-state index is -0.683. The third kappa shape index (κ3) is 2.68. The van der Waals surface area contributed by atoms with E-state index in [1.54, 1.807) is 6.92 Å². The Bertz CT molecular complexity index is 423. The summed E-state index contributed by atoms with van der Waals surface area (Å²) < 4.78 is 4.87. The maximum absolute atomic E-state index is 11.4. The van der Waals surface area contributed by atoms with Crippen LogP contribution in [0.25, 0.3) is 0 Å². The number of aliphatic hydroxyl groups excluding tert-OH is 1. The van der Waals surface area contributed by atoms with Gasteiger partial charge in [-0.1, -0.05) is 23.7 Å². The first-order valence-electron chi connectivity index (χ1n) is 6.18. The number of carbonyl (C=O) groups is 1. The minimum absolute atomic E-state index is 0.0521. The Morgan fingerprint density at radius 3 is 2.56 bits per heavy atom. The Hall–Kier alpha value is -1.06. The maximum atomic E-state index is 11.4. The predicted molar refractivity (Wildman–Crippen MR) is 69.6 cm³/mol. The van der Waals surface area contributed by atoms with Crippen LogP contribution in [0.5, 0.6) is 0 Å². The molecule has 0 spiro atoms. The second-order valence-corrected chi connectivity index (χ2v) is 5.12. The molecule has 98 valence electrons. The summed E-state index contributed by atoms with van der Waals surface area (Å²) >= 11 is 5.85. The molecular weight excluding hydrogens is 252 g/mol. The van der Waals surface area contributed by atoms with Crippen LogP contribution in [0.1, 0.15) is 31.7 Å². The summed E-state index contributed by atoms with van der Waals surface area (Å²) in [4.78, 5) is 11.4. The molecule has 0 radical (unpaired) electrons. The Kier molecular flexibility index (Phi) is 3.93. The zero-order valence-electron chi connectivity index (χ0n) is 10.4. The molecule has 1 aromatic carbocycles. The first-order valence-corrected chi connectivity index (χ1v) is 6.56. The van der Waals surface area contributed by atoms with Gasteiger partial charge in [-0.25, -0.2) is 0 Å². The molecule has 1 atom stereocenters. The van der Waals surface area contributed by atoms with Gasteiger partial charge in [0.15, 0.2) is 0 Å². The van der Waals surface area contributed by atoms with Crippen molar-refractivity contribution in [2.75, 3.05) is 6.61 Å². The number of ether oxygens (including phenoxy) is 1. The number of esters is 1. The zero-order valence-corrected chi connectivity index (χ0v) is 11.1. The SMILES string of the molecule is CCOC(=O)CC(O)C1(c2ccc(Cl)cc2)CC1. The van der Waals surface area contributed by atoms with Gasteiger partial charge in [0.1, 0.15) is 0 Å². The normalized spacial score (nSPS) is 18.2. The highest BCUT2D eigenvalue weighted by Crippen LogP contribution is 2.52. The molecule has 0 saturated heterocycles. The van der Waals surface area contributed by atoms with Gasteiger partial charge in [-0.2, -0.15) is 0 Å². The van der Waals surface area contributed by atoms with Crippen molar-refractivity contribution in [3.63, 3.8) is 0 Å². The summed E-state index contributed by atoms with van der Waals surface area (Å²) in [7, 11) is 0. The zero-order chi connectivity index (χ0) is 13.2. The van der Waals surface area contributed by atoms with E-state index >= 15 is 0 Å². The molecule has 2 rings (SSSR count). The summed E-state index contributed by atoms with van der Waals surface area (Å²) in [6, 6.07) is 7.47. The van der Waals surface area contributed by atoms with Gasteiger partial charge < -0.3 is 9.84 Å². The van der Waals surface area contributed by atoms with Crippen LogP contribution >= 0.6 is 11.6 Å². The Labute approximate surface area is 112 Å². The number of rotatable bonds is 5. The number of aliphatic hydroxyl groups is 1. The third-order valence-electron chi connectivity index (χ3n) is 3.51. The molecule has 0 bridgehead atoms. The second kappa shape index (κ2) is 5.29. The number of hydrogen-bond donors (Lipinski definition) is 1. The van der Waals surface area contributed by atoms with Gasteiger partial charge in [-0.05, 0) is 37.5 Å². The molecule has 18 heavy (non-hydrogen) atoms. The van der Waals surface area contributed by atoms with Gasteiger partial charge in [0.25, 0.3) is 0 Å². The van der Waals surface area contributed by atoms with Crippen molar-refractivity contribution >= 4 is 17.6 Å². The van der Waals surface area contributed by atoms with Crippen LogP contribution in [0.3, 0.4) is 0 Å². The van der Waals surface area contributed by atoms with Gasteiger partial charge in [0.2, 0.25) is 0 Å². The van der Waals surface area contributed by atoms with E-state index in [1.807, 2.05) is 24.3 Å². The molecule has 1 fully saturated rings. The van der Waals surface area contributed by atoms with Gasteiger partial charge in [-0.3, -0.25) is 4.79 Å². The number of benzene rings is 1. The fourth-order valence-electron chi connectivity index (χ4n) is 2.30. The lowest BCUT2D eigenvalue weighted by Gasteiger charge is -2.22. The van der Waals surface area contributed by atoms with Crippen molar-refractivity contribution < 1.29 is 14.6 Å². The molecular formula is C14H17ClO3. The van der Waals surface area contributed by atoms with E-state index in [-0.39, 0.29) is 17.8 Å². The second-order valence-electron chi connectivity index (χ2n) is 4.69. The number of hydrogen-bond acceptors (Lipinski definition) is 3. The standard InChI is InChI=1S/C14H17ClO3/c1-2-18-13(17)9-12(16)14(7-8-14)10-3-5-11(15)6-4-10/h3-6,12,16H,2,7-9H2,1H3. The molecule has 1 aliphatic carbocycles. The molecule has 0 aliphatic heterocycles. The molecule has 4 heteroatoms. The fraction of sp³-hybridized carbons (Fsp3) is 0.500. The minimum Gasteiger partial charge on any atom is -0.466 e. The van der Waals surface area contributed by atoms with E-state index in [0.29, 0.717) is 11.6 Å². The van der Waals surface area contributed by atoms with E-state index in [4.69, 9.17) is 16.3 Å². The van der Waals surface area contributed by atoms with Crippen LogP contribution in [0, 0.1) is 0 Å². The average Bonchev–Trinajstić information content (AvgIpc) is 3.11. The van der Waals surface area contributed by atoms with E-state index in [2.05, 4.69) is 0 Å². The predicted octanol–water partition coefficient (Wildman–Crippen LogP) is 2.69. The van der Waals surface area contributed by atoms with Crippen molar-refractivity contribution in [1.29, 1.82) is 0 Å². The van der Waals surface area contributed by atoms with Gasteiger partial charge in [-0.15, -0.1) is 0 Å². The quantitative estimate of drug-likeness (QED) is 0.835. The summed E-state index contributed by atoms with van der Waals surface area (Å²) in [6.07, 6.45) is 1.17. The highest BCUT2D eigenvalue weighted by atomic mass is 35.5. The van der Waals surface area contributed by atoms with E-state index in [9.17, 15) is 9.90 Å². The summed E-state index contributed by atoms with van der Waals surface area (Å²) in [5, 5.41) is 10.9. The molecule has 0 heterocycles. The van der Waals surface area contributed by atoms with Gasteiger partial charge in [0, 0.05) is 10.4 Å². The van der Waals surface area contributed by atoms with Crippen molar-refractivity contribution in [3.05, 3.63) is 34.9 Å². The van der Waals surface area contributed by atoms with Crippen LogP contribution in [-0.2, 0) is 14.9 Å².